The molecule has 1 amide bonds. The smallest absolute Gasteiger partial charge is 0.254 e. The van der Waals surface area contributed by atoms with E-state index in [0.717, 1.165) is 23.0 Å². The van der Waals surface area contributed by atoms with Crippen molar-refractivity contribution in [2.45, 2.75) is 20.8 Å². The number of hydrogen-bond acceptors (Lipinski definition) is 6. The van der Waals surface area contributed by atoms with Gasteiger partial charge in [-0.3, -0.25) is 4.79 Å². The predicted molar refractivity (Wildman–Crippen MR) is 114 cm³/mol. The van der Waals surface area contributed by atoms with Gasteiger partial charge in [-0.25, -0.2) is 19.0 Å². The van der Waals surface area contributed by atoms with Gasteiger partial charge in [-0.1, -0.05) is 0 Å². The summed E-state index contributed by atoms with van der Waals surface area (Å²) in [6.45, 7) is 8.08. The largest absolute Gasteiger partial charge is 0.494 e. The lowest BCUT2D eigenvalue weighted by Crippen LogP contribution is -2.49. The standard InChI is InChI=1S/C22H25FN6O2/c1-14-11-15(2)29(26-14)21-13-20(24-16(3)25-21)27-7-9-28(10-8-27)22(30)17-5-6-19(31-4)18(23)12-17/h5-6,11-13H,7-10H2,1-4H3. The lowest BCUT2D eigenvalue weighted by molar-refractivity contribution is 0.0746. The summed E-state index contributed by atoms with van der Waals surface area (Å²) >= 11 is 0. The van der Waals surface area contributed by atoms with Crippen LogP contribution in [0.5, 0.6) is 5.75 Å². The fourth-order valence-corrected chi connectivity index (χ4v) is 3.79. The number of halogens is 1. The molecule has 1 aromatic carbocycles. The molecule has 9 heteroatoms. The molecule has 1 fully saturated rings. The average Bonchev–Trinajstić information content (AvgIpc) is 3.10. The highest BCUT2D eigenvalue weighted by molar-refractivity contribution is 5.94. The quantitative estimate of drug-likeness (QED) is 0.641. The number of benzene rings is 1. The Morgan fingerprint density at radius 2 is 1.71 bits per heavy atom. The number of hydrogen-bond donors (Lipinski definition) is 0. The number of aromatic nitrogens is 4. The molecule has 0 radical (unpaired) electrons. The van der Waals surface area contributed by atoms with Crippen LogP contribution in [0.2, 0.25) is 0 Å². The van der Waals surface area contributed by atoms with Crippen molar-refractivity contribution in [2.24, 2.45) is 0 Å². The number of carbonyl (C=O) groups is 1. The van der Waals surface area contributed by atoms with Gasteiger partial charge >= 0.3 is 0 Å². The molecule has 4 rings (SSSR count). The number of aryl methyl sites for hydroxylation is 3. The van der Waals surface area contributed by atoms with Crippen molar-refractivity contribution in [1.82, 2.24) is 24.6 Å². The zero-order chi connectivity index (χ0) is 22.1. The van der Waals surface area contributed by atoms with E-state index in [4.69, 9.17) is 4.74 Å². The van der Waals surface area contributed by atoms with E-state index in [-0.39, 0.29) is 11.7 Å². The molecular weight excluding hydrogens is 399 g/mol. The van der Waals surface area contributed by atoms with Crippen LogP contribution in [-0.2, 0) is 0 Å². The van der Waals surface area contributed by atoms with E-state index in [1.54, 1.807) is 11.0 Å². The number of nitrogens with zero attached hydrogens (tertiary/aromatic N) is 6. The van der Waals surface area contributed by atoms with Gasteiger partial charge in [0.2, 0.25) is 0 Å². The van der Waals surface area contributed by atoms with Crippen LogP contribution in [0.25, 0.3) is 5.82 Å². The highest BCUT2D eigenvalue weighted by Crippen LogP contribution is 2.21. The molecule has 0 atom stereocenters. The Bertz CT molecular complexity index is 1120. The zero-order valence-electron chi connectivity index (χ0n) is 18.1. The minimum absolute atomic E-state index is 0.124. The van der Waals surface area contributed by atoms with Crippen LogP contribution < -0.4 is 9.64 Å². The molecule has 31 heavy (non-hydrogen) atoms. The molecule has 0 N–H and O–H groups in total. The first-order valence-electron chi connectivity index (χ1n) is 10.1. The predicted octanol–water partition coefficient (Wildman–Crippen LogP) is 2.70. The maximum absolute atomic E-state index is 14.0. The van der Waals surface area contributed by atoms with Gasteiger partial charge in [0, 0.05) is 43.5 Å². The van der Waals surface area contributed by atoms with Gasteiger partial charge in [0.05, 0.1) is 12.8 Å². The number of ether oxygens (including phenoxy) is 1. The summed E-state index contributed by atoms with van der Waals surface area (Å²) in [6.07, 6.45) is 0. The van der Waals surface area contributed by atoms with Gasteiger partial charge < -0.3 is 14.5 Å². The van der Waals surface area contributed by atoms with E-state index in [9.17, 15) is 9.18 Å². The number of piperazine rings is 1. The van der Waals surface area contributed by atoms with E-state index in [1.807, 2.05) is 37.6 Å². The molecule has 1 aliphatic heterocycles. The van der Waals surface area contributed by atoms with Crippen LogP contribution in [-0.4, -0.2) is 63.8 Å². The summed E-state index contributed by atoms with van der Waals surface area (Å²) in [7, 11) is 1.40. The first-order chi connectivity index (χ1) is 14.9. The van der Waals surface area contributed by atoms with Gasteiger partial charge in [0.25, 0.3) is 5.91 Å². The first kappa shape index (κ1) is 20.8. The summed E-state index contributed by atoms with van der Waals surface area (Å²) in [5.41, 5.74) is 2.25. The van der Waals surface area contributed by atoms with Gasteiger partial charge in [-0.15, -0.1) is 0 Å². The normalized spacial score (nSPS) is 14.1. The zero-order valence-corrected chi connectivity index (χ0v) is 18.1. The van der Waals surface area contributed by atoms with Crippen molar-refractivity contribution >= 4 is 11.7 Å². The van der Waals surface area contributed by atoms with Crippen molar-refractivity contribution in [2.75, 3.05) is 38.2 Å². The monoisotopic (exact) mass is 424 g/mol. The van der Waals surface area contributed by atoms with Crippen LogP contribution in [0, 0.1) is 26.6 Å². The topological polar surface area (TPSA) is 76.4 Å². The van der Waals surface area contributed by atoms with Crippen LogP contribution in [0.1, 0.15) is 27.6 Å². The van der Waals surface area contributed by atoms with Gasteiger partial charge in [0.15, 0.2) is 17.4 Å². The molecule has 0 aliphatic carbocycles. The summed E-state index contributed by atoms with van der Waals surface area (Å²) in [6, 6.07) is 8.21. The minimum Gasteiger partial charge on any atom is -0.494 e. The average molecular weight is 424 g/mol. The molecule has 8 nitrogen and oxygen atoms in total. The molecule has 3 aromatic rings. The summed E-state index contributed by atoms with van der Waals surface area (Å²) in [5.74, 6) is 1.58. The second kappa shape index (κ2) is 8.33. The Kier molecular flexibility index (Phi) is 5.58. The van der Waals surface area contributed by atoms with E-state index in [2.05, 4.69) is 20.0 Å². The number of carbonyl (C=O) groups excluding carboxylic acids is 1. The highest BCUT2D eigenvalue weighted by Gasteiger charge is 2.24. The third-order valence-electron chi connectivity index (χ3n) is 5.33. The van der Waals surface area contributed by atoms with Crippen molar-refractivity contribution in [3.05, 3.63) is 58.9 Å². The molecular formula is C22H25FN6O2. The fourth-order valence-electron chi connectivity index (χ4n) is 3.79. The third-order valence-corrected chi connectivity index (χ3v) is 5.33. The maximum Gasteiger partial charge on any atom is 0.254 e. The van der Waals surface area contributed by atoms with Crippen molar-refractivity contribution < 1.29 is 13.9 Å². The Hall–Kier alpha value is -3.49. The van der Waals surface area contributed by atoms with Crippen molar-refractivity contribution in [3.63, 3.8) is 0 Å². The number of amides is 1. The minimum atomic E-state index is -0.542. The lowest BCUT2D eigenvalue weighted by atomic mass is 10.1. The number of methoxy groups -OCH3 is 1. The lowest BCUT2D eigenvalue weighted by Gasteiger charge is -2.35. The molecule has 0 spiro atoms. The van der Waals surface area contributed by atoms with E-state index in [0.29, 0.717) is 37.6 Å². The molecule has 3 heterocycles. The molecule has 0 bridgehead atoms. The molecule has 0 unspecified atom stereocenters. The van der Waals surface area contributed by atoms with E-state index in [1.165, 1.54) is 19.2 Å². The van der Waals surface area contributed by atoms with Gasteiger partial charge in [-0.2, -0.15) is 5.10 Å². The van der Waals surface area contributed by atoms with Crippen molar-refractivity contribution in [3.8, 4) is 11.6 Å². The summed E-state index contributed by atoms with van der Waals surface area (Å²) in [4.78, 5) is 25.8. The van der Waals surface area contributed by atoms with Crippen LogP contribution in [0.4, 0.5) is 10.2 Å². The number of anilines is 1. The summed E-state index contributed by atoms with van der Waals surface area (Å²) in [5, 5.41) is 4.51. The highest BCUT2D eigenvalue weighted by atomic mass is 19.1. The van der Waals surface area contributed by atoms with Crippen LogP contribution in [0.15, 0.2) is 30.3 Å². The molecule has 162 valence electrons. The maximum atomic E-state index is 14.0. The molecule has 1 aliphatic rings. The van der Waals surface area contributed by atoms with E-state index < -0.39 is 5.82 Å². The molecule has 2 aromatic heterocycles. The Morgan fingerprint density at radius 3 is 2.32 bits per heavy atom. The van der Waals surface area contributed by atoms with Crippen LogP contribution in [0.3, 0.4) is 0 Å². The third kappa shape index (κ3) is 4.21. The molecule has 1 saturated heterocycles. The first-order valence-corrected chi connectivity index (χ1v) is 10.1. The van der Waals surface area contributed by atoms with Gasteiger partial charge in [0.1, 0.15) is 11.6 Å². The Morgan fingerprint density at radius 1 is 1.00 bits per heavy atom. The fraction of sp³-hybridized carbons (Fsp3) is 0.364. The van der Waals surface area contributed by atoms with Crippen LogP contribution >= 0.6 is 0 Å². The second-order valence-electron chi connectivity index (χ2n) is 7.60. The Labute approximate surface area is 180 Å². The second-order valence-corrected chi connectivity index (χ2v) is 7.60. The SMILES string of the molecule is COc1ccc(C(=O)N2CCN(c3cc(-n4nc(C)cc4C)nc(C)n3)CC2)cc1F. The molecule has 0 saturated carbocycles. The summed E-state index contributed by atoms with van der Waals surface area (Å²) < 4.78 is 20.7. The van der Waals surface area contributed by atoms with Crippen molar-refractivity contribution in [1.29, 1.82) is 0 Å². The van der Waals surface area contributed by atoms with E-state index >= 15 is 0 Å². The van der Waals surface area contributed by atoms with Gasteiger partial charge in [-0.05, 0) is 45.0 Å². The number of rotatable bonds is 4. The Balaban J connectivity index is 1.48.